The van der Waals surface area contributed by atoms with E-state index in [-0.39, 0.29) is 24.4 Å². The van der Waals surface area contributed by atoms with Crippen molar-refractivity contribution in [2.24, 2.45) is 0 Å². The third kappa shape index (κ3) is 3.05. The second kappa shape index (κ2) is 6.89. The number of aromatic nitrogens is 4. The van der Waals surface area contributed by atoms with E-state index in [1.165, 1.54) is 6.33 Å². The fourth-order valence-electron chi connectivity index (χ4n) is 4.17. The van der Waals surface area contributed by atoms with E-state index in [2.05, 4.69) is 20.3 Å². The molecule has 0 amide bonds. The highest BCUT2D eigenvalue weighted by atomic mass is 16.8. The monoisotopic (exact) mass is 391 g/mol. The summed E-state index contributed by atoms with van der Waals surface area (Å²) < 4.78 is 31.1. The standard InChI is InChI=1S/C18H25N5O5/c1-18(2)27-13-11(7-24-3)26-17(14(13)28-18)23-9-21-12-15(19-8-20-16(12)23)22-10-4-5-25-6-10/h8-11,13-14,17H,4-7H2,1-3H3,(H,19,20,22). The van der Waals surface area contributed by atoms with Gasteiger partial charge >= 0.3 is 0 Å². The summed E-state index contributed by atoms with van der Waals surface area (Å²) in [6.45, 7) is 5.67. The number of ether oxygens (including phenoxy) is 5. The summed E-state index contributed by atoms with van der Waals surface area (Å²) in [7, 11) is 1.65. The quantitative estimate of drug-likeness (QED) is 0.802. The predicted molar refractivity (Wildman–Crippen MR) is 97.8 cm³/mol. The van der Waals surface area contributed by atoms with Gasteiger partial charge in [0.2, 0.25) is 0 Å². The van der Waals surface area contributed by atoms with Crippen molar-refractivity contribution in [1.29, 1.82) is 0 Å². The van der Waals surface area contributed by atoms with Crippen LogP contribution in [0.2, 0.25) is 0 Å². The first-order chi connectivity index (χ1) is 13.6. The van der Waals surface area contributed by atoms with Gasteiger partial charge in [0.1, 0.15) is 24.6 Å². The smallest absolute Gasteiger partial charge is 0.167 e. The van der Waals surface area contributed by atoms with E-state index in [1.54, 1.807) is 13.4 Å². The van der Waals surface area contributed by atoms with Gasteiger partial charge in [0, 0.05) is 13.7 Å². The maximum atomic E-state index is 6.24. The third-order valence-corrected chi connectivity index (χ3v) is 5.36. The van der Waals surface area contributed by atoms with E-state index in [1.807, 2.05) is 18.4 Å². The van der Waals surface area contributed by atoms with Gasteiger partial charge in [-0.25, -0.2) is 15.0 Å². The summed E-state index contributed by atoms with van der Waals surface area (Å²) in [6, 6.07) is 0.230. The zero-order chi connectivity index (χ0) is 19.3. The third-order valence-electron chi connectivity index (χ3n) is 5.36. The molecule has 10 nitrogen and oxygen atoms in total. The van der Waals surface area contributed by atoms with Gasteiger partial charge in [-0.1, -0.05) is 0 Å². The van der Waals surface area contributed by atoms with Crippen LogP contribution in [0.1, 0.15) is 26.5 Å². The molecule has 0 aliphatic carbocycles. The summed E-state index contributed by atoms with van der Waals surface area (Å²) in [4.78, 5) is 13.4. The molecule has 0 spiro atoms. The van der Waals surface area contributed by atoms with Gasteiger partial charge in [0.15, 0.2) is 29.0 Å². The van der Waals surface area contributed by atoms with Crippen molar-refractivity contribution >= 4 is 17.0 Å². The van der Waals surface area contributed by atoms with Crippen LogP contribution in [0.3, 0.4) is 0 Å². The molecule has 0 saturated carbocycles. The first-order valence-corrected chi connectivity index (χ1v) is 9.57. The normalized spacial score (nSPS) is 34.2. The van der Waals surface area contributed by atoms with Crippen molar-refractivity contribution in [2.75, 3.05) is 32.2 Å². The molecule has 2 aromatic heterocycles. The van der Waals surface area contributed by atoms with E-state index in [0.717, 1.165) is 13.0 Å². The fourth-order valence-corrected chi connectivity index (χ4v) is 4.17. The van der Waals surface area contributed by atoms with Crippen molar-refractivity contribution in [3.63, 3.8) is 0 Å². The number of hydrogen-bond donors (Lipinski definition) is 1. The minimum Gasteiger partial charge on any atom is -0.382 e. The number of fused-ring (bicyclic) bond motifs is 2. The molecular weight excluding hydrogens is 366 g/mol. The zero-order valence-corrected chi connectivity index (χ0v) is 16.2. The number of methoxy groups -OCH3 is 1. The number of rotatable bonds is 5. The molecule has 0 aromatic carbocycles. The Hall–Kier alpha value is -1.85. The van der Waals surface area contributed by atoms with Crippen molar-refractivity contribution in [2.45, 2.75) is 56.6 Å². The lowest BCUT2D eigenvalue weighted by molar-refractivity contribution is -0.200. The molecule has 3 fully saturated rings. The van der Waals surface area contributed by atoms with Crippen LogP contribution in [0.4, 0.5) is 5.82 Å². The Morgan fingerprint density at radius 1 is 1.25 bits per heavy atom. The van der Waals surface area contributed by atoms with Crippen molar-refractivity contribution in [1.82, 2.24) is 19.5 Å². The highest BCUT2D eigenvalue weighted by Crippen LogP contribution is 2.43. The Kier molecular flexibility index (Phi) is 4.48. The molecule has 2 aromatic rings. The van der Waals surface area contributed by atoms with Gasteiger partial charge in [-0.2, -0.15) is 0 Å². The van der Waals surface area contributed by atoms with Crippen LogP contribution in [0.5, 0.6) is 0 Å². The number of imidazole rings is 1. The summed E-state index contributed by atoms with van der Waals surface area (Å²) in [5, 5.41) is 3.41. The minimum atomic E-state index is -0.677. The second-order valence-corrected chi connectivity index (χ2v) is 7.84. The molecular formula is C18H25N5O5. The van der Waals surface area contributed by atoms with Crippen molar-refractivity contribution < 1.29 is 23.7 Å². The Morgan fingerprint density at radius 2 is 2.11 bits per heavy atom. The lowest BCUT2D eigenvalue weighted by Gasteiger charge is -2.24. The van der Waals surface area contributed by atoms with E-state index in [9.17, 15) is 0 Å². The molecule has 3 saturated heterocycles. The Labute approximate surface area is 162 Å². The molecule has 5 atom stereocenters. The number of anilines is 1. The predicted octanol–water partition coefficient (Wildman–Crippen LogP) is 1.09. The van der Waals surface area contributed by atoms with E-state index in [4.69, 9.17) is 23.7 Å². The molecule has 10 heteroatoms. The summed E-state index contributed by atoms with van der Waals surface area (Å²) >= 11 is 0. The topological polar surface area (TPSA) is 102 Å². The van der Waals surface area contributed by atoms with Gasteiger partial charge in [-0.3, -0.25) is 4.57 Å². The average molecular weight is 391 g/mol. The fraction of sp³-hybridized carbons (Fsp3) is 0.722. The van der Waals surface area contributed by atoms with E-state index < -0.39 is 12.0 Å². The van der Waals surface area contributed by atoms with Crippen LogP contribution in [0.15, 0.2) is 12.7 Å². The second-order valence-electron chi connectivity index (χ2n) is 7.84. The van der Waals surface area contributed by atoms with E-state index >= 15 is 0 Å². The van der Waals surface area contributed by atoms with E-state index in [0.29, 0.717) is 30.2 Å². The highest BCUT2D eigenvalue weighted by Gasteiger charge is 2.56. The Balaban J connectivity index is 1.47. The lowest BCUT2D eigenvalue weighted by Crippen LogP contribution is -2.32. The summed E-state index contributed by atoms with van der Waals surface area (Å²) in [5.41, 5.74) is 1.38. The van der Waals surface area contributed by atoms with Gasteiger partial charge in [-0.05, 0) is 20.3 Å². The summed E-state index contributed by atoms with van der Waals surface area (Å²) in [5.74, 6) is 0.0235. The SMILES string of the molecule is COCC1OC(n2cnc3c(NC4CCOC4)ncnc32)C2OC(C)(C)OC12. The zero-order valence-electron chi connectivity index (χ0n) is 16.2. The molecule has 3 aliphatic rings. The maximum absolute atomic E-state index is 6.24. The van der Waals surface area contributed by atoms with Gasteiger partial charge < -0.3 is 29.0 Å². The van der Waals surface area contributed by atoms with Crippen LogP contribution >= 0.6 is 0 Å². The molecule has 152 valence electrons. The minimum absolute atomic E-state index is 0.215. The molecule has 0 radical (unpaired) electrons. The first-order valence-electron chi connectivity index (χ1n) is 9.57. The molecule has 5 rings (SSSR count). The number of hydrogen-bond acceptors (Lipinski definition) is 9. The molecule has 5 heterocycles. The summed E-state index contributed by atoms with van der Waals surface area (Å²) in [6.07, 6.45) is 3.08. The number of nitrogens with one attached hydrogen (secondary N) is 1. The molecule has 3 aliphatic heterocycles. The molecule has 5 unspecified atom stereocenters. The molecule has 0 bridgehead atoms. The van der Waals surface area contributed by atoms with Crippen LogP contribution in [0.25, 0.3) is 11.2 Å². The van der Waals surface area contributed by atoms with Crippen LogP contribution in [-0.4, -0.2) is 76.6 Å². The molecule has 28 heavy (non-hydrogen) atoms. The lowest BCUT2D eigenvalue weighted by atomic mass is 10.1. The molecule has 1 N–H and O–H groups in total. The van der Waals surface area contributed by atoms with Crippen LogP contribution in [0, 0.1) is 0 Å². The maximum Gasteiger partial charge on any atom is 0.167 e. The number of nitrogens with zero attached hydrogens (tertiary/aromatic N) is 4. The van der Waals surface area contributed by atoms with Crippen molar-refractivity contribution in [3.05, 3.63) is 12.7 Å². The first kappa shape index (κ1) is 18.2. The van der Waals surface area contributed by atoms with Gasteiger partial charge in [-0.15, -0.1) is 0 Å². The Bertz CT molecular complexity index is 852. The van der Waals surface area contributed by atoms with Crippen molar-refractivity contribution in [3.8, 4) is 0 Å². The highest BCUT2D eigenvalue weighted by molar-refractivity contribution is 5.82. The van der Waals surface area contributed by atoms with Gasteiger partial charge in [0.05, 0.1) is 25.6 Å². The van der Waals surface area contributed by atoms with Gasteiger partial charge in [0.25, 0.3) is 0 Å². The average Bonchev–Trinajstić information content (AvgIpc) is 3.41. The largest absolute Gasteiger partial charge is 0.382 e. The Morgan fingerprint density at radius 3 is 2.89 bits per heavy atom. The van der Waals surface area contributed by atoms with Crippen LogP contribution < -0.4 is 5.32 Å². The van der Waals surface area contributed by atoms with Crippen LogP contribution in [-0.2, 0) is 23.7 Å².